The zero-order chi connectivity index (χ0) is 19.8. The molecule has 0 aliphatic heterocycles. The molecule has 29 heavy (non-hydrogen) atoms. The number of nitro groups is 1. The Bertz CT molecular complexity index is 1290. The number of para-hydroxylation sites is 2. The van der Waals surface area contributed by atoms with Gasteiger partial charge in [-0.25, -0.2) is 0 Å². The zero-order valence-corrected chi connectivity index (χ0v) is 15.5. The topological polar surface area (TPSA) is 72.1 Å². The van der Waals surface area contributed by atoms with Crippen molar-refractivity contribution in [2.75, 3.05) is 6.54 Å². The molecule has 5 aromatic rings. The van der Waals surface area contributed by atoms with E-state index in [2.05, 4.69) is 4.98 Å². The van der Waals surface area contributed by atoms with Crippen molar-refractivity contribution in [2.24, 2.45) is 0 Å². The summed E-state index contributed by atoms with van der Waals surface area (Å²) < 4.78 is 6.11. The Morgan fingerprint density at radius 1 is 0.931 bits per heavy atom. The molecule has 0 spiro atoms. The predicted octanol–water partition coefficient (Wildman–Crippen LogP) is 5.99. The summed E-state index contributed by atoms with van der Waals surface area (Å²) in [6.07, 6.45) is 0. The highest BCUT2D eigenvalue weighted by Crippen LogP contribution is 2.40. The maximum Gasteiger partial charge on any atom is 0.214 e. The second-order valence-electron chi connectivity index (χ2n) is 7.09. The lowest BCUT2D eigenvalue weighted by molar-refractivity contribution is -0.481. The van der Waals surface area contributed by atoms with E-state index in [1.807, 2.05) is 84.9 Å². The third kappa shape index (κ3) is 3.06. The molecule has 142 valence electrons. The standard InChI is InChI=1S/C24H18N2O3/c27-26(28)15-19(16-8-2-1-3-9-16)23-18-11-5-6-12-20(18)25-24(23)22-14-17-10-4-7-13-21(17)29-22/h1-14,19,25H,15H2. The first kappa shape index (κ1) is 17.3. The number of aromatic nitrogens is 1. The van der Waals surface area contributed by atoms with Gasteiger partial charge in [0.05, 0.1) is 11.6 Å². The molecule has 2 heterocycles. The number of rotatable bonds is 5. The van der Waals surface area contributed by atoms with Crippen molar-refractivity contribution in [3.8, 4) is 11.5 Å². The van der Waals surface area contributed by atoms with Crippen LogP contribution in [0.1, 0.15) is 17.0 Å². The molecule has 0 amide bonds. The van der Waals surface area contributed by atoms with E-state index in [4.69, 9.17) is 4.42 Å². The van der Waals surface area contributed by atoms with E-state index in [-0.39, 0.29) is 11.5 Å². The molecule has 2 aromatic heterocycles. The highest BCUT2D eigenvalue weighted by Gasteiger charge is 2.28. The summed E-state index contributed by atoms with van der Waals surface area (Å²) in [5.74, 6) is 0.284. The van der Waals surface area contributed by atoms with Gasteiger partial charge in [0.15, 0.2) is 5.76 Å². The lowest BCUT2D eigenvalue weighted by atomic mass is 9.88. The average molecular weight is 382 g/mol. The predicted molar refractivity (Wildman–Crippen MR) is 114 cm³/mol. The summed E-state index contributed by atoms with van der Waals surface area (Å²) in [6.45, 7) is -0.195. The number of fused-ring (bicyclic) bond motifs is 2. The van der Waals surface area contributed by atoms with Crippen LogP contribution in [0.2, 0.25) is 0 Å². The first-order valence-electron chi connectivity index (χ1n) is 9.47. The largest absolute Gasteiger partial charge is 0.455 e. The van der Waals surface area contributed by atoms with Crippen molar-refractivity contribution in [2.45, 2.75) is 5.92 Å². The minimum atomic E-state index is -0.398. The van der Waals surface area contributed by atoms with Gasteiger partial charge >= 0.3 is 0 Å². The summed E-state index contributed by atoms with van der Waals surface area (Å²) in [7, 11) is 0. The number of nitrogens with one attached hydrogen (secondary N) is 1. The number of aromatic amines is 1. The Labute approximate surface area is 166 Å². The van der Waals surface area contributed by atoms with Crippen LogP contribution in [0.3, 0.4) is 0 Å². The molecule has 5 rings (SSSR count). The summed E-state index contributed by atoms with van der Waals surface area (Å²) in [5.41, 5.74) is 4.31. The van der Waals surface area contributed by atoms with E-state index >= 15 is 0 Å². The molecule has 1 N–H and O–H groups in total. The number of furan rings is 1. The second kappa shape index (κ2) is 6.95. The molecular formula is C24H18N2O3. The van der Waals surface area contributed by atoms with Gasteiger partial charge in [0.2, 0.25) is 6.54 Å². The van der Waals surface area contributed by atoms with E-state index in [1.54, 1.807) is 0 Å². The van der Waals surface area contributed by atoms with Crippen LogP contribution in [0.4, 0.5) is 0 Å². The minimum absolute atomic E-state index is 0.195. The molecule has 5 nitrogen and oxygen atoms in total. The van der Waals surface area contributed by atoms with E-state index in [0.717, 1.165) is 38.7 Å². The summed E-state index contributed by atoms with van der Waals surface area (Å²) in [6, 6.07) is 27.3. The smallest absolute Gasteiger partial charge is 0.214 e. The molecule has 3 aromatic carbocycles. The molecule has 1 atom stereocenters. The first-order chi connectivity index (χ1) is 14.2. The fraction of sp³-hybridized carbons (Fsp3) is 0.0833. The van der Waals surface area contributed by atoms with Crippen LogP contribution in [0.5, 0.6) is 0 Å². The number of H-pyrrole nitrogens is 1. The maximum atomic E-state index is 11.6. The monoisotopic (exact) mass is 382 g/mol. The lowest BCUT2D eigenvalue weighted by Crippen LogP contribution is -2.14. The van der Waals surface area contributed by atoms with Crippen LogP contribution in [0.25, 0.3) is 33.3 Å². The molecule has 0 saturated heterocycles. The van der Waals surface area contributed by atoms with Gasteiger partial charge < -0.3 is 9.40 Å². The fourth-order valence-electron chi connectivity index (χ4n) is 4.02. The molecule has 0 bridgehead atoms. The first-order valence-corrected chi connectivity index (χ1v) is 9.47. The van der Waals surface area contributed by atoms with E-state index in [9.17, 15) is 10.1 Å². The number of benzene rings is 3. The fourth-order valence-corrected chi connectivity index (χ4v) is 4.02. The minimum Gasteiger partial charge on any atom is -0.455 e. The van der Waals surface area contributed by atoms with Crippen molar-refractivity contribution in [3.63, 3.8) is 0 Å². The van der Waals surface area contributed by atoms with Crippen LogP contribution in [0.15, 0.2) is 89.3 Å². The molecule has 1 unspecified atom stereocenters. The lowest BCUT2D eigenvalue weighted by Gasteiger charge is -2.15. The van der Waals surface area contributed by atoms with Gasteiger partial charge in [-0.05, 0) is 23.8 Å². The third-order valence-corrected chi connectivity index (χ3v) is 5.30. The van der Waals surface area contributed by atoms with Gasteiger partial charge in [-0.3, -0.25) is 10.1 Å². The second-order valence-corrected chi connectivity index (χ2v) is 7.09. The Morgan fingerprint density at radius 2 is 1.66 bits per heavy atom. The van der Waals surface area contributed by atoms with Crippen LogP contribution >= 0.6 is 0 Å². The SMILES string of the molecule is O=[N+]([O-])CC(c1ccccc1)c1c(-c2cc3ccccc3o2)[nH]c2ccccc12. The van der Waals surface area contributed by atoms with Crippen LogP contribution in [-0.2, 0) is 0 Å². The summed E-state index contributed by atoms with van der Waals surface area (Å²) >= 11 is 0. The molecule has 0 aliphatic rings. The van der Waals surface area contributed by atoms with Gasteiger partial charge in [0.25, 0.3) is 0 Å². The van der Waals surface area contributed by atoms with Crippen molar-refractivity contribution in [1.82, 2.24) is 4.98 Å². The Morgan fingerprint density at radius 3 is 2.45 bits per heavy atom. The third-order valence-electron chi connectivity index (χ3n) is 5.30. The molecular weight excluding hydrogens is 364 g/mol. The van der Waals surface area contributed by atoms with Gasteiger partial charge in [0.1, 0.15) is 5.58 Å². The highest BCUT2D eigenvalue weighted by molar-refractivity contribution is 5.93. The van der Waals surface area contributed by atoms with Gasteiger partial charge in [0, 0.05) is 26.8 Å². The number of nitrogens with zero attached hydrogens (tertiary/aromatic N) is 1. The molecule has 0 fully saturated rings. The molecule has 0 radical (unpaired) electrons. The van der Waals surface area contributed by atoms with Crippen LogP contribution < -0.4 is 0 Å². The van der Waals surface area contributed by atoms with Crippen molar-refractivity contribution in [3.05, 3.63) is 106 Å². The Kier molecular flexibility index (Phi) is 4.13. The van der Waals surface area contributed by atoms with Crippen LogP contribution in [0, 0.1) is 10.1 Å². The number of hydrogen-bond acceptors (Lipinski definition) is 3. The average Bonchev–Trinajstić information content (AvgIpc) is 3.34. The molecule has 5 heteroatoms. The van der Waals surface area contributed by atoms with Crippen molar-refractivity contribution >= 4 is 21.9 Å². The van der Waals surface area contributed by atoms with E-state index < -0.39 is 5.92 Å². The Hall–Kier alpha value is -3.86. The summed E-state index contributed by atoms with van der Waals surface area (Å²) in [5, 5.41) is 13.5. The highest BCUT2D eigenvalue weighted by atomic mass is 16.6. The zero-order valence-electron chi connectivity index (χ0n) is 15.5. The van der Waals surface area contributed by atoms with Gasteiger partial charge in [-0.1, -0.05) is 66.7 Å². The number of hydrogen-bond donors (Lipinski definition) is 1. The van der Waals surface area contributed by atoms with Gasteiger partial charge in [-0.15, -0.1) is 0 Å². The quantitative estimate of drug-likeness (QED) is 0.300. The van der Waals surface area contributed by atoms with Crippen LogP contribution in [-0.4, -0.2) is 16.5 Å². The maximum absolute atomic E-state index is 11.6. The Balaban J connectivity index is 1.79. The van der Waals surface area contributed by atoms with Crippen molar-refractivity contribution in [1.29, 1.82) is 0 Å². The van der Waals surface area contributed by atoms with Crippen molar-refractivity contribution < 1.29 is 9.34 Å². The molecule has 0 aliphatic carbocycles. The molecule has 0 saturated carbocycles. The van der Waals surface area contributed by atoms with E-state index in [1.165, 1.54) is 0 Å². The normalized spacial score (nSPS) is 12.4. The summed E-state index contributed by atoms with van der Waals surface area (Å²) in [4.78, 5) is 14.8. The van der Waals surface area contributed by atoms with E-state index in [0.29, 0.717) is 5.76 Å². The van der Waals surface area contributed by atoms with Gasteiger partial charge in [-0.2, -0.15) is 0 Å².